The van der Waals surface area contributed by atoms with Gasteiger partial charge in [0, 0.05) is 39.3 Å². The molecule has 0 bridgehead atoms. The summed E-state index contributed by atoms with van der Waals surface area (Å²) < 4.78 is 18.1. The normalized spacial score (nSPS) is 19.5. The van der Waals surface area contributed by atoms with E-state index in [-0.39, 0.29) is 11.7 Å². The van der Waals surface area contributed by atoms with E-state index < -0.39 is 0 Å². The van der Waals surface area contributed by atoms with Gasteiger partial charge in [-0.25, -0.2) is 4.39 Å². The maximum Gasteiger partial charge on any atom is 0.224 e. The minimum absolute atomic E-state index is 0.172. The predicted molar refractivity (Wildman–Crippen MR) is 93.1 cm³/mol. The van der Waals surface area contributed by atoms with Crippen LogP contribution in [0.1, 0.15) is 32.3 Å². The second-order valence-electron chi connectivity index (χ2n) is 6.84. The Morgan fingerprint density at radius 2 is 2.00 bits per heavy atom. The van der Waals surface area contributed by atoms with E-state index in [1.807, 2.05) is 17.0 Å². The summed E-state index contributed by atoms with van der Waals surface area (Å²) in [5.41, 5.74) is 1.11. The quantitative estimate of drug-likeness (QED) is 0.801. The number of benzene rings is 1. The van der Waals surface area contributed by atoms with Crippen LogP contribution in [-0.4, -0.2) is 55.1 Å². The van der Waals surface area contributed by atoms with E-state index in [0.717, 1.165) is 38.2 Å². The third-order valence-electron chi connectivity index (χ3n) is 4.69. The van der Waals surface area contributed by atoms with E-state index in [1.165, 1.54) is 12.1 Å². The summed E-state index contributed by atoms with van der Waals surface area (Å²) in [6.07, 6.45) is 1.41. The molecule has 1 amide bonds. The number of carbonyl (C=O) groups excluding carboxylic acids is 1. The van der Waals surface area contributed by atoms with Gasteiger partial charge in [-0.05, 0) is 30.0 Å². The zero-order valence-electron chi connectivity index (χ0n) is 15.0. The van der Waals surface area contributed by atoms with Crippen molar-refractivity contribution in [2.45, 2.75) is 39.3 Å². The predicted octanol–water partition coefficient (Wildman–Crippen LogP) is 2.92. The minimum Gasteiger partial charge on any atom is -0.384 e. The van der Waals surface area contributed by atoms with Gasteiger partial charge in [-0.1, -0.05) is 26.0 Å². The van der Waals surface area contributed by atoms with Crippen LogP contribution in [0.3, 0.4) is 0 Å². The van der Waals surface area contributed by atoms with Crippen LogP contribution in [0.2, 0.25) is 0 Å². The van der Waals surface area contributed by atoms with Crippen molar-refractivity contribution in [3.05, 3.63) is 35.6 Å². The molecule has 1 atom stereocenters. The number of amides is 1. The lowest BCUT2D eigenvalue weighted by molar-refractivity contribution is -0.132. The number of hydrogen-bond acceptors (Lipinski definition) is 3. The SMILES string of the molecule is COCCC(=O)N1CCCN(Cc2ccc(F)cc2)[C@@H](C(C)C)C1. The van der Waals surface area contributed by atoms with Crippen LogP contribution in [0.25, 0.3) is 0 Å². The highest BCUT2D eigenvalue weighted by molar-refractivity contribution is 5.76. The highest BCUT2D eigenvalue weighted by Gasteiger charge is 2.29. The van der Waals surface area contributed by atoms with Crippen molar-refractivity contribution in [1.82, 2.24) is 9.80 Å². The van der Waals surface area contributed by atoms with Crippen LogP contribution in [0.15, 0.2) is 24.3 Å². The molecule has 0 saturated carbocycles. The molecular weight excluding hydrogens is 307 g/mol. The van der Waals surface area contributed by atoms with Crippen LogP contribution in [-0.2, 0) is 16.1 Å². The lowest BCUT2D eigenvalue weighted by Crippen LogP contribution is -2.45. The smallest absolute Gasteiger partial charge is 0.224 e. The van der Waals surface area contributed by atoms with Gasteiger partial charge in [0.05, 0.1) is 13.0 Å². The molecule has 1 aromatic carbocycles. The first-order valence-corrected chi connectivity index (χ1v) is 8.76. The Labute approximate surface area is 144 Å². The van der Waals surface area contributed by atoms with E-state index in [4.69, 9.17) is 4.74 Å². The summed E-state index contributed by atoms with van der Waals surface area (Å²) in [4.78, 5) is 16.8. The Bertz CT molecular complexity index is 519. The second kappa shape index (κ2) is 9.14. The number of halogens is 1. The Balaban J connectivity index is 2.05. The first kappa shape index (κ1) is 18.9. The third kappa shape index (κ3) is 5.28. The summed E-state index contributed by atoms with van der Waals surface area (Å²) in [5.74, 6) is 0.414. The van der Waals surface area contributed by atoms with Crippen molar-refractivity contribution < 1.29 is 13.9 Å². The molecule has 0 radical (unpaired) electrons. The van der Waals surface area contributed by atoms with Gasteiger partial charge in [-0.15, -0.1) is 0 Å². The van der Waals surface area contributed by atoms with Gasteiger partial charge in [-0.2, -0.15) is 0 Å². The summed E-state index contributed by atoms with van der Waals surface area (Å²) in [6, 6.07) is 7.03. The highest BCUT2D eigenvalue weighted by Crippen LogP contribution is 2.20. The Morgan fingerprint density at radius 1 is 1.29 bits per heavy atom. The van der Waals surface area contributed by atoms with Gasteiger partial charge in [-0.3, -0.25) is 9.69 Å². The molecule has 1 aliphatic heterocycles. The summed E-state index contributed by atoms with van der Waals surface area (Å²) in [7, 11) is 1.62. The van der Waals surface area contributed by atoms with Crippen LogP contribution in [0.5, 0.6) is 0 Å². The topological polar surface area (TPSA) is 32.8 Å². The van der Waals surface area contributed by atoms with Gasteiger partial charge in [0.15, 0.2) is 0 Å². The maximum atomic E-state index is 13.1. The van der Waals surface area contributed by atoms with E-state index in [2.05, 4.69) is 18.7 Å². The summed E-state index contributed by atoms with van der Waals surface area (Å²) in [5, 5.41) is 0. The summed E-state index contributed by atoms with van der Waals surface area (Å²) in [6.45, 7) is 8.17. The molecule has 1 saturated heterocycles. The number of methoxy groups -OCH3 is 1. The van der Waals surface area contributed by atoms with Crippen LogP contribution in [0.4, 0.5) is 4.39 Å². The molecule has 1 aromatic rings. The molecule has 1 aliphatic rings. The van der Waals surface area contributed by atoms with Gasteiger partial charge < -0.3 is 9.64 Å². The monoisotopic (exact) mass is 336 g/mol. The van der Waals surface area contributed by atoms with Crippen molar-refractivity contribution in [1.29, 1.82) is 0 Å². The molecule has 1 heterocycles. The Hall–Kier alpha value is -1.46. The lowest BCUT2D eigenvalue weighted by atomic mass is 10.0. The van der Waals surface area contributed by atoms with E-state index in [0.29, 0.717) is 25.0 Å². The van der Waals surface area contributed by atoms with Gasteiger partial charge >= 0.3 is 0 Å². The fourth-order valence-corrected chi connectivity index (χ4v) is 3.29. The van der Waals surface area contributed by atoms with Crippen molar-refractivity contribution in [2.24, 2.45) is 5.92 Å². The number of nitrogens with zero attached hydrogens (tertiary/aromatic N) is 2. The molecule has 0 N–H and O–H groups in total. The van der Waals surface area contributed by atoms with E-state index in [9.17, 15) is 9.18 Å². The third-order valence-corrected chi connectivity index (χ3v) is 4.69. The number of hydrogen-bond donors (Lipinski definition) is 0. The average Bonchev–Trinajstić information content (AvgIpc) is 2.77. The molecule has 0 spiro atoms. The molecular formula is C19H29FN2O2. The van der Waals surface area contributed by atoms with Crippen LogP contribution in [0, 0.1) is 11.7 Å². The molecule has 4 nitrogen and oxygen atoms in total. The van der Waals surface area contributed by atoms with Gasteiger partial charge in [0.25, 0.3) is 0 Å². The first-order chi connectivity index (χ1) is 11.5. The fourth-order valence-electron chi connectivity index (χ4n) is 3.29. The Kier molecular flexibility index (Phi) is 7.18. The van der Waals surface area contributed by atoms with Crippen molar-refractivity contribution in [2.75, 3.05) is 33.4 Å². The number of carbonyl (C=O) groups is 1. The molecule has 1 fully saturated rings. The van der Waals surface area contributed by atoms with Gasteiger partial charge in [0.2, 0.25) is 5.91 Å². The largest absolute Gasteiger partial charge is 0.384 e. The standard InChI is InChI=1S/C19H29FN2O2/c1-15(2)18-14-22(19(23)9-12-24-3)11-4-10-21(18)13-16-5-7-17(20)8-6-16/h5-8,15,18H,4,9-14H2,1-3H3/t18-/m1/s1. The molecule has 5 heteroatoms. The van der Waals surface area contributed by atoms with Crippen LogP contribution < -0.4 is 0 Å². The zero-order chi connectivity index (χ0) is 17.5. The molecule has 0 aliphatic carbocycles. The first-order valence-electron chi connectivity index (χ1n) is 8.76. The lowest BCUT2D eigenvalue weighted by Gasteiger charge is -2.34. The molecule has 2 rings (SSSR count). The van der Waals surface area contributed by atoms with Crippen molar-refractivity contribution in [3.8, 4) is 0 Å². The minimum atomic E-state index is -0.204. The second-order valence-corrected chi connectivity index (χ2v) is 6.84. The van der Waals surface area contributed by atoms with E-state index in [1.54, 1.807) is 7.11 Å². The molecule has 134 valence electrons. The maximum absolute atomic E-state index is 13.1. The zero-order valence-corrected chi connectivity index (χ0v) is 15.0. The van der Waals surface area contributed by atoms with Gasteiger partial charge in [0.1, 0.15) is 5.82 Å². The molecule has 0 aromatic heterocycles. The highest BCUT2D eigenvalue weighted by atomic mass is 19.1. The van der Waals surface area contributed by atoms with Crippen LogP contribution >= 0.6 is 0 Å². The van der Waals surface area contributed by atoms with Crippen molar-refractivity contribution >= 4 is 5.91 Å². The number of ether oxygens (including phenoxy) is 1. The Morgan fingerprint density at radius 3 is 2.62 bits per heavy atom. The molecule has 24 heavy (non-hydrogen) atoms. The summed E-state index contributed by atoms with van der Waals surface area (Å²) >= 11 is 0. The van der Waals surface area contributed by atoms with Crippen molar-refractivity contribution in [3.63, 3.8) is 0 Å². The average molecular weight is 336 g/mol. The molecule has 0 unspecified atom stereocenters. The van der Waals surface area contributed by atoms with E-state index >= 15 is 0 Å². The fraction of sp³-hybridized carbons (Fsp3) is 0.632. The number of rotatable bonds is 6.